The van der Waals surface area contributed by atoms with Crippen LogP contribution >= 0.6 is 22.9 Å². The minimum atomic E-state index is -4.51. The van der Waals surface area contributed by atoms with Crippen molar-refractivity contribution >= 4 is 28.6 Å². The van der Waals surface area contributed by atoms with Crippen LogP contribution in [0.4, 0.5) is 18.9 Å². The zero-order valence-corrected chi connectivity index (χ0v) is 15.7. The van der Waals surface area contributed by atoms with Gasteiger partial charge in [0.25, 0.3) is 5.56 Å². The van der Waals surface area contributed by atoms with E-state index in [1.54, 1.807) is 11.9 Å². The number of hydrogen-bond acceptors (Lipinski definition) is 6. The van der Waals surface area contributed by atoms with Gasteiger partial charge in [0, 0.05) is 18.6 Å². The van der Waals surface area contributed by atoms with Crippen LogP contribution in [0.2, 0.25) is 5.02 Å². The van der Waals surface area contributed by atoms with Gasteiger partial charge < -0.3 is 4.90 Å². The second-order valence-electron chi connectivity index (χ2n) is 5.68. The van der Waals surface area contributed by atoms with Gasteiger partial charge in [-0.3, -0.25) is 4.79 Å². The molecular formula is C16H13ClF3N5OS. The van der Waals surface area contributed by atoms with Crippen LogP contribution in [-0.2, 0) is 12.7 Å². The third-order valence-electron chi connectivity index (χ3n) is 3.67. The predicted molar refractivity (Wildman–Crippen MR) is 96.6 cm³/mol. The first kappa shape index (κ1) is 19.3. The van der Waals surface area contributed by atoms with Gasteiger partial charge in [-0.1, -0.05) is 11.6 Å². The van der Waals surface area contributed by atoms with Gasteiger partial charge in [-0.2, -0.15) is 23.0 Å². The van der Waals surface area contributed by atoms with Crippen molar-refractivity contribution in [1.82, 2.24) is 19.7 Å². The number of aromatic nitrogens is 4. The third-order valence-corrected chi connectivity index (χ3v) is 4.85. The first-order valence-electron chi connectivity index (χ1n) is 7.60. The van der Waals surface area contributed by atoms with E-state index in [0.29, 0.717) is 18.4 Å². The Kier molecular flexibility index (Phi) is 5.20. The molecule has 0 radical (unpaired) electrons. The van der Waals surface area contributed by atoms with Crippen LogP contribution < -0.4 is 10.5 Å². The molecule has 3 rings (SSSR count). The molecule has 0 unspecified atom stereocenters. The van der Waals surface area contributed by atoms with Gasteiger partial charge in [0.15, 0.2) is 5.82 Å². The average Bonchev–Trinajstić information content (AvgIpc) is 3.01. The van der Waals surface area contributed by atoms with E-state index in [1.807, 2.05) is 12.3 Å². The quantitative estimate of drug-likeness (QED) is 0.650. The maximum Gasteiger partial charge on any atom is 0.417 e. The summed E-state index contributed by atoms with van der Waals surface area (Å²) in [7, 11) is 1.73. The highest BCUT2D eigenvalue weighted by molar-refractivity contribution is 7.09. The van der Waals surface area contributed by atoms with Crippen molar-refractivity contribution in [3.63, 3.8) is 0 Å². The Balaban J connectivity index is 1.89. The van der Waals surface area contributed by atoms with E-state index in [-0.39, 0.29) is 10.8 Å². The summed E-state index contributed by atoms with van der Waals surface area (Å²) >= 11 is 7.69. The van der Waals surface area contributed by atoms with Crippen LogP contribution in [0.15, 0.2) is 34.7 Å². The van der Waals surface area contributed by atoms with Gasteiger partial charge in [-0.25, -0.2) is 9.97 Å². The van der Waals surface area contributed by atoms with Crippen LogP contribution in [0.5, 0.6) is 0 Å². The Hall–Kier alpha value is -2.46. The molecule has 0 spiro atoms. The van der Waals surface area contributed by atoms with Gasteiger partial charge in [0.1, 0.15) is 5.02 Å². The average molecular weight is 416 g/mol. The third kappa shape index (κ3) is 4.11. The molecule has 3 heterocycles. The molecule has 3 aromatic rings. The lowest BCUT2D eigenvalue weighted by molar-refractivity contribution is -0.137. The first-order chi connectivity index (χ1) is 12.7. The van der Waals surface area contributed by atoms with Gasteiger partial charge in [-0.15, -0.1) is 11.3 Å². The molecule has 142 valence electrons. The maximum atomic E-state index is 12.6. The number of aryl methyl sites for hydroxylation is 1. The van der Waals surface area contributed by atoms with Gasteiger partial charge in [0.2, 0.25) is 0 Å². The number of thiazole rings is 1. The highest BCUT2D eigenvalue weighted by Crippen LogP contribution is 2.28. The molecule has 0 atom stereocenters. The van der Waals surface area contributed by atoms with E-state index in [0.717, 1.165) is 27.5 Å². The topological polar surface area (TPSA) is 63.9 Å². The van der Waals surface area contributed by atoms with Crippen molar-refractivity contribution in [2.75, 3.05) is 11.9 Å². The minimum Gasteiger partial charge on any atom is -0.366 e. The lowest BCUT2D eigenvalue weighted by Gasteiger charge is -2.19. The van der Waals surface area contributed by atoms with Gasteiger partial charge in [-0.05, 0) is 19.1 Å². The fourth-order valence-corrected chi connectivity index (χ4v) is 3.22. The van der Waals surface area contributed by atoms with Crippen molar-refractivity contribution in [3.8, 4) is 5.82 Å². The molecule has 0 aliphatic carbocycles. The van der Waals surface area contributed by atoms with Gasteiger partial charge in [0.05, 0.1) is 34.7 Å². The first-order valence-corrected chi connectivity index (χ1v) is 8.86. The molecule has 0 aliphatic rings. The normalized spacial score (nSPS) is 11.6. The molecule has 3 aromatic heterocycles. The highest BCUT2D eigenvalue weighted by Gasteiger charge is 2.30. The second-order valence-corrected chi connectivity index (χ2v) is 7.12. The molecule has 6 nitrogen and oxygen atoms in total. The van der Waals surface area contributed by atoms with Crippen molar-refractivity contribution in [2.24, 2.45) is 0 Å². The van der Waals surface area contributed by atoms with Crippen LogP contribution in [0, 0.1) is 6.92 Å². The Morgan fingerprint density at radius 2 is 2.04 bits per heavy atom. The van der Waals surface area contributed by atoms with E-state index in [9.17, 15) is 18.0 Å². The summed E-state index contributed by atoms with van der Waals surface area (Å²) < 4.78 is 38.8. The highest BCUT2D eigenvalue weighted by atomic mass is 35.5. The number of hydrogen-bond donors (Lipinski definition) is 0. The molecule has 0 aliphatic heterocycles. The smallest absolute Gasteiger partial charge is 0.366 e. The number of alkyl halides is 3. The summed E-state index contributed by atoms with van der Waals surface area (Å²) in [5.74, 6) is -0.0563. The summed E-state index contributed by atoms with van der Waals surface area (Å²) in [5.41, 5.74) is -0.386. The molecule has 27 heavy (non-hydrogen) atoms. The number of halogens is 4. The van der Waals surface area contributed by atoms with E-state index >= 15 is 0 Å². The summed E-state index contributed by atoms with van der Waals surface area (Å²) in [4.78, 5) is 22.2. The Morgan fingerprint density at radius 1 is 1.30 bits per heavy atom. The zero-order valence-electron chi connectivity index (χ0n) is 14.2. The molecule has 0 amide bonds. The Morgan fingerprint density at radius 3 is 2.59 bits per heavy atom. The van der Waals surface area contributed by atoms with Crippen LogP contribution in [0.1, 0.15) is 16.3 Å². The fourth-order valence-electron chi connectivity index (χ4n) is 2.34. The summed E-state index contributed by atoms with van der Waals surface area (Å²) in [6.07, 6.45) is -2.51. The van der Waals surface area contributed by atoms with Gasteiger partial charge >= 0.3 is 6.18 Å². The van der Waals surface area contributed by atoms with Crippen LogP contribution in [0.25, 0.3) is 5.82 Å². The maximum absolute atomic E-state index is 12.6. The Labute approximate surface area is 160 Å². The summed E-state index contributed by atoms with van der Waals surface area (Å²) in [5, 5.41) is 6.70. The molecule has 0 saturated carbocycles. The van der Waals surface area contributed by atoms with Crippen molar-refractivity contribution < 1.29 is 13.2 Å². The molecule has 0 N–H and O–H groups in total. The standard InChI is InChI=1S/C16H13ClF3N5OS/c1-9-23-11(8-27-9)7-24(2)12-6-22-25(15(26)14(12)17)13-4-3-10(5-21-13)16(18,19)20/h3-6,8H,7H2,1-2H3. The van der Waals surface area contributed by atoms with E-state index in [1.165, 1.54) is 17.5 Å². The van der Waals surface area contributed by atoms with Crippen molar-refractivity contribution in [1.29, 1.82) is 0 Å². The van der Waals surface area contributed by atoms with Crippen LogP contribution in [0.3, 0.4) is 0 Å². The molecular weight excluding hydrogens is 403 g/mol. The summed E-state index contributed by atoms with van der Waals surface area (Å²) in [6, 6.07) is 1.89. The Bertz CT molecular complexity index is 1020. The van der Waals surface area contributed by atoms with E-state index < -0.39 is 17.3 Å². The molecule has 0 fully saturated rings. The SMILES string of the molecule is Cc1nc(CN(C)c2cnn(-c3ccc(C(F)(F)F)cn3)c(=O)c2Cl)cs1. The molecule has 0 aromatic carbocycles. The predicted octanol–water partition coefficient (Wildman–Crippen LogP) is 3.70. The van der Waals surface area contributed by atoms with E-state index in [4.69, 9.17) is 11.6 Å². The molecule has 0 bridgehead atoms. The lowest BCUT2D eigenvalue weighted by Crippen LogP contribution is -2.27. The van der Waals surface area contributed by atoms with Crippen molar-refractivity contribution in [3.05, 3.63) is 61.5 Å². The second kappa shape index (κ2) is 7.28. The summed E-state index contributed by atoms with van der Waals surface area (Å²) in [6.45, 7) is 2.31. The number of nitrogens with zero attached hydrogens (tertiary/aromatic N) is 5. The minimum absolute atomic E-state index is 0.0563. The van der Waals surface area contributed by atoms with Crippen molar-refractivity contribution in [2.45, 2.75) is 19.6 Å². The van der Waals surface area contributed by atoms with E-state index in [2.05, 4.69) is 15.1 Å². The van der Waals surface area contributed by atoms with Crippen LogP contribution in [-0.4, -0.2) is 26.8 Å². The number of rotatable bonds is 4. The number of anilines is 1. The monoisotopic (exact) mass is 415 g/mol. The molecule has 0 saturated heterocycles. The fraction of sp³-hybridized carbons (Fsp3) is 0.250. The number of pyridine rings is 1. The zero-order chi connectivity index (χ0) is 19.8. The molecule has 11 heteroatoms. The lowest BCUT2D eigenvalue weighted by atomic mass is 10.3. The largest absolute Gasteiger partial charge is 0.417 e.